The number of ether oxygens (including phenoxy) is 1. The van der Waals surface area contributed by atoms with E-state index in [2.05, 4.69) is 45.0 Å². The van der Waals surface area contributed by atoms with E-state index in [9.17, 15) is 0 Å². The van der Waals surface area contributed by atoms with Crippen molar-refractivity contribution in [1.29, 1.82) is 0 Å². The summed E-state index contributed by atoms with van der Waals surface area (Å²) in [6, 6.07) is 8.81. The second kappa shape index (κ2) is 4.61. The molecule has 1 heteroatoms. The zero-order valence-corrected chi connectivity index (χ0v) is 9.63. The summed E-state index contributed by atoms with van der Waals surface area (Å²) in [5, 5.41) is 0. The van der Waals surface area contributed by atoms with Crippen LogP contribution in [0, 0.1) is 0 Å². The van der Waals surface area contributed by atoms with Gasteiger partial charge < -0.3 is 4.74 Å². The molecule has 0 spiro atoms. The van der Waals surface area contributed by atoms with E-state index in [0.29, 0.717) is 0 Å². The van der Waals surface area contributed by atoms with Crippen molar-refractivity contribution in [2.45, 2.75) is 32.6 Å². The lowest BCUT2D eigenvalue weighted by Crippen LogP contribution is -2.10. The molecule has 0 amide bonds. The number of benzene rings is 1. The molecule has 14 heavy (non-hydrogen) atoms. The molecule has 0 aliphatic carbocycles. The van der Waals surface area contributed by atoms with Gasteiger partial charge in [0.1, 0.15) is 0 Å². The van der Waals surface area contributed by atoms with Crippen LogP contribution in [0.1, 0.15) is 31.9 Å². The van der Waals surface area contributed by atoms with Gasteiger partial charge in [-0.3, -0.25) is 0 Å². The van der Waals surface area contributed by atoms with Crippen molar-refractivity contribution in [3.8, 4) is 0 Å². The molecule has 0 atom stereocenters. The van der Waals surface area contributed by atoms with Gasteiger partial charge in [-0.2, -0.15) is 0 Å². The predicted molar refractivity (Wildman–Crippen MR) is 60.7 cm³/mol. The molecule has 78 valence electrons. The van der Waals surface area contributed by atoms with Crippen molar-refractivity contribution in [1.82, 2.24) is 0 Å². The molecule has 1 aromatic carbocycles. The molecule has 1 rings (SSSR count). The van der Waals surface area contributed by atoms with E-state index in [4.69, 9.17) is 4.74 Å². The molecule has 1 aromatic rings. The normalized spacial score (nSPS) is 11.7. The van der Waals surface area contributed by atoms with Crippen LogP contribution in [0.5, 0.6) is 0 Å². The van der Waals surface area contributed by atoms with Gasteiger partial charge in [0.2, 0.25) is 0 Å². The summed E-state index contributed by atoms with van der Waals surface area (Å²) in [5.41, 5.74) is 2.98. The maximum Gasteiger partial charge on any atom is 0.0502 e. The lowest BCUT2D eigenvalue weighted by atomic mass is 9.86. The summed E-state index contributed by atoms with van der Waals surface area (Å²) in [6.45, 7) is 7.50. The number of hydrogen-bond donors (Lipinski definition) is 0. The van der Waals surface area contributed by atoms with Crippen LogP contribution in [-0.2, 0) is 16.6 Å². The zero-order chi connectivity index (χ0) is 10.6. The van der Waals surface area contributed by atoms with Crippen molar-refractivity contribution in [3.63, 3.8) is 0 Å². The molecule has 0 fully saturated rings. The number of rotatable bonds is 3. The average Bonchev–Trinajstić information content (AvgIpc) is 2.14. The third-order valence-corrected chi connectivity index (χ3v) is 2.41. The second-order valence-electron chi connectivity index (χ2n) is 4.69. The number of hydrogen-bond acceptors (Lipinski definition) is 1. The minimum absolute atomic E-state index is 0.250. The topological polar surface area (TPSA) is 9.23 Å². The van der Waals surface area contributed by atoms with Crippen LogP contribution in [-0.4, -0.2) is 13.7 Å². The first-order valence-corrected chi connectivity index (χ1v) is 5.12. The van der Waals surface area contributed by atoms with Crippen molar-refractivity contribution >= 4 is 0 Å². The highest BCUT2D eigenvalue weighted by Gasteiger charge is 2.12. The molecular weight excluding hydrogens is 172 g/mol. The van der Waals surface area contributed by atoms with E-state index in [-0.39, 0.29) is 5.41 Å². The van der Waals surface area contributed by atoms with Crippen LogP contribution >= 0.6 is 0 Å². The van der Waals surface area contributed by atoms with Crippen molar-refractivity contribution in [3.05, 3.63) is 35.4 Å². The lowest BCUT2D eigenvalue weighted by molar-refractivity contribution is 0.202. The Bertz CT molecular complexity index is 266. The monoisotopic (exact) mass is 192 g/mol. The van der Waals surface area contributed by atoms with Gasteiger partial charge in [0.15, 0.2) is 0 Å². The van der Waals surface area contributed by atoms with E-state index in [1.807, 2.05) is 0 Å². The minimum atomic E-state index is 0.250. The highest BCUT2D eigenvalue weighted by Crippen LogP contribution is 2.22. The smallest absolute Gasteiger partial charge is 0.0502 e. The van der Waals surface area contributed by atoms with Gasteiger partial charge in [-0.25, -0.2) is 0 Å². The van der Waals surface area contributed by atoms with Gasteiger partial charge in [0.25, 0.3) is 0 Å². The van der Waals surface area contributed by atoms with E-state index < -0.39 is 0 Å². The van der Waals surface area contributed by atoms with Gasteiger partial charge in [-0.05, 0) is 23.0 Å². The molecule has 0 radical (unpaired) electrons. The van der Waals surface area contributed by atoms with Crippen LogP contribution in [0.15, 0.2) is 24.3 Å². The highest BCUT2D eigenvalue weighted by atomic mass is 16.5. The molecular formula is C13H20O. The molecule has 0 saturated heterocycles. The Labute approximate surface area is 87.1 Å². The molecule has 1 nitrogen and oxygen atoms in total. The molecule has 0 aromatic heterocycles. The summed E-state index contributed by atoms with van der Waals surface area (Å²) in [6.07, 6.45) is 1.00. The molecule has 0 bridgehead atoms. The van der Waals surface area contributed by atoms with E-state index in [0.717, 1.165) is 13.0 Å². The van der Waals surface area contributed by atoms with Crippen molar-refractivity contribution in [2.75, 3.05) is 13.7 Å². The first kappa shape index (κ1) is 11.3. The quantitative estimate of drug-likeness (QED) is 0.714. The Morgan fingerprint density at radius 2 is 1.64 bits per heavy atom. The average molecular weight is 192 g/mol. The minimum Gasteiger partial charge on any atom is -0.384 e. The number of methoxy groups -OCH3 is 1. The largest absolute Gasteiger partial charge is 0.384 e. The van der Waals surface area contributed by atoms with Crippen molar-refractivity contribution < 1.29 is 4.74 Å². The fourth-order valence-corrected chi connectivity index (χ4v) is 1.39. The van der Waals surface area contributed by atoms with Crippen LogP contribution in [0.4, 0.5) is 0 Å². The van der Waals surface area contributed by atoms with Crippen LogP contribution in [0.25, 0.3) is 0 Å². The van der Waals surface area contributed by atoms with Gasteiger partial charge in [0.05, 0.1) is 6.61 Å². The van der Waals surface area contributed by atoms with Crippen molar-refractivity contribution in [2.24, 2.45) is 0 Å². The van der Waals surface area contributed by atoms with Gasteiger partial charge in [-0.1, -0.05) is 45.0 Å². The summed E-state index contributed by atoms with van der Waals surface area (Å²) >= 11 is 0. The third-order valence-electron chi connectivity index (χ3n) is 2.41. The fraction of sp³-hybridized carbons (Fsp3) is 0.538. The summed E-state index contributed by atoms with van der Waals surface area (Å²) in [4.78, 5) is 0. The van der Waals surface area contributed by atoms with Crippen LogP contribution in [0.2, 0.25) is 0 Å². The standard InChI is InChI=1S/C13H20O/c1-13(2,3)12-7-5-11(6-8-12)9-10-14-4/h5-8H,9-10H2,1-4H3. The second-order valence-corrected chi connectivity index (χ2v) is 4.69. The maximum absolute atomic E-state index is 5.04. The van der Waals surface area contributed by atoms with Gasteiger partial charge in [0, 0.05) is 7.11 Å². The summed E-state index contributed by atoms with van der Waals surface area (Å²) in [5.74, 6) is 0. The predicted octanol–water partition coefficient (Wildman–Crippen LogP) is 3.17. The van der Waals surface area contributed by atoms with Gasteiger partial charge in [-0.15, -0.1) is 0 Å². The Morgan fingerprint density at radius 3 is 2.07 bits per heavy atom. The fourth-order valence-electron chi connectivity index (χ4n) is 1.39. The summed E-state index contributed by atoms with van der Waals surface area (Å²) < 4.78 is 5.04. The van der Waals surface area contributed by atoms with E-state index in [1.54, 1.807) is 7.11 Å². The van der Waals surface area contributed by atoms with Gasteiger partial charge >= 0.3 is 0 Å². The third kappa shape index (κ3) is 3.15. The summed E-state index contributed by atoms with van der Waals surface area (Å²) in [7, 11) is 1.74. The molecule has 0 heterocycles. The maximum atomic E-state index is 5.04. The molecule has 0 aliphatic rings. The van der Waals surface area contributed by atoms with E-state index in [1.165, 1.54) is 11.1 Å². The Morgan fingerprint density at radius 1 is 1.07 bits per heavy atom. The van der Waals surface area contributed by atoms with Crippen LogP contribution < -0.4 is 0 Å². The molecule has 0 saturated carbocycles. The Hall–Kier alpha value is -0.820. The Balaban J connectivity index is 2.69. The first-order chi connectivity index (χ1) is 6.54. The zero-order valence-electron chi connectivity index (χ0n) is 9.63. The molecule has 0 N–H and O–H groups in total. The van der Waals surface area contributed by atoms with E-state index >= 15 is 0 Å². The lowest BCUT2D eigenvalue weighted by Gasteiger charge is -2.19. The molecule has 0 unspecified atom stereocenters. The Kier molecular flexibility index (Phi) is 3.70. The SMILES string of the molecule is COCCc1ccc(C(C)(C)C)cc1. The molecule has 0 aliphatic heterocycles. The highest BCUT2D eigenvalue weighted by molar-refractivity contribution is 5.27. The van der Waals surface area contributed by atoms with Crippen LogP contribution in [0.3, 0.4) is 0 Å². The first-order valence-electron chi connectivity index (χ1n) is 5.12.